The highest BCUT2D eigenvalue weighted by molar-refractivity contribution is 5.55. The molecule has 0 spiro atoms. The summed E-state index contributed by atoms with van der Waals surface area (Å²) in [5.74, 6) is 0.632. The number of aromatic hydroxyl groups is 1. The maximum atomic E-state index is 9.84. The Hall–Kier alpha value is -2.23. The first-order valence-corrected chi connectivity index (χ1v) is 6.85. The quantitative estimate of drug-likeness (QED) is 0.898. The lowest BCUT2D eigenvalue weighted by molar-refractivity contribution is 0.373. The first-order valence-electron chi connectivity index (χ1n) is 6.85. The molecule has 20 heavy (non-hydrogen) atoms. The molecule has 1 unspecified atom stereocenters. The van der Waals surface area contributed by atoms with Crippen molar-refractivity contribution in [3.05, 3.63) is 47.8 Å². The number of rotatable bonds is 3. The first-order chi connectivity index (χ1) is 9.78. The number of phenolic OH excluding ortho intramolecular Hbond substituents is 1. The molecular formula is C16H18N2O2. The van der Waals surface area contributed by atoms with Gasteiger partial charge in [0.1, 0.15) is 0 Å². The van der Waals surface area contributed by atoms with Crippen molar-refractivity contribution in [3.63, 3.8) is 0 Å². The summed E-state index contributed by atoms with van der Waals surface area (Å²) in [7, 11) is 1.55. The number of benzene rings is 1. The fourth-order valence-corrected chi connectivity index (χ4v) is 2.73. The lowest BCUT2D eigenvalue weighted by Crippen LogP contribution is -2.18. The molecule has 4 nitrogen and oxygen atoms in total. The number of pyridine rings is 1. The molecule has 1 aliphatic rings. The van der Waals surface area contributed by atoms with Gasteiger partial charge in [0.05, 0.1) is 18.8 Å². The van der Waals surface area contributed by atoms with Crippen molar-refractivity contribution in [2.45, 2.75) is 25.3 Å². The number of phenols is 1. The van der Waals surface area contributed by atoms with Crippen LogP contribution in [0.3, 0.4) is 0 Å². The first kappa shape index (κ1) is 12.8. The highest BCUT2D eigenvalue weighted by Crippen LogP contribution is 2.34. The van der Waals surface area contributed by atoms with Crippen LogP contribution in [0.2, 0.25) is 0 Å². The third-order valence-corrected chi connectivity index (χ3v) is 3.71. The fraction of sp³-hybridized carbons (Fsp3) is 0.312. The Bertz CT molecular complexity index is 613. The van der Waals surface area contributed by atoms with E-state index in [2.05, 4.69) is 16.4 Å². The molecule has 2 N–H and O–H groups in total. The molecule has 1 aliphatic carbocycles. The number of hydrogen-bond donors (Lipinski definition) is 2. The van der Waals surface area contributed by atoms with Gasteiger partial charge >= 0.3 is 0 Å². The molecule has 0 amide bonds. The summed E-state index contributed by atoms with van der Waals surface area (Å²) in [5, 5.41) is 13.3. The highest BCUT2D eigenvalue weighted by atomic mass is 16.5. The maximum Gasteiger partial charge on any atom is 0.160 e. The molecule has 1 heterocycles. The summed E-state index contributed by atoms with van der Waals surface area (Å²) in [6.45, 7) is 0. The summed E-state index contributed by atoms with van der Waals surface area (Å²) in [6.07, 6.45) is 5.13. The monoisotopic (exact) mass is 270 g/mol. The van der Waals surface area contributed by atoms with Crippen LogP contribution in [0.5, 0.6) is 11.5 Å². The fourth-order valence-electron chi connectivity index (χ4n) is 2.73. The van der Waals surface area contributed by atoms with Gasteiger partial charge in [-0.3, -0.25) is 4.98 Å². The maximum absolute atomic E-state index is 9.84. The predicted octanol–water partition coefficient (Wildman–Crippen LogP) is 3.29. The highest BCUT2D eigenvalue weighted by Gasteiger charge is 2.21. The summed E-state index contributed by atoms with van der Waals surface area (Å²) in [6, 6.07) is 9.70. The van der Waals surface area contributed by atoms with Crippen molar-refractivity contribution in [1.29, 1.82) is 0 Å². The van der Waals surface area contributed by atoms with Crippen molar-refractivity contribution in [1.82, 2.24) is 4.98 Å². The van der Waals surface area contributed by atoms with E-state index in [4.69, 9.17) is 4.74 Å². The molecule has 0 fully saturated rings. The molecule has 1 aromatic carbocycles. The molecule has 0 saturated carbocycles. The van der Waals surface area contributed by atoms with E-state index in [0.717, 1.165) is 30.6 Å². The second kappa shape index (κ2) is 5.41. The standard InChI is InChI=1S/C16H18N2O2/c1-20-15-8-7-12(10-14(15)19)18-13-6-2-4-11-5-3-9-17-16(11)13/h3,5,7-10,13,18-19H,2,4,6H2,1H3. The van der Waals surface area contributed by atoms with Crippen LogP contribution in [0, 0.1) is 0 Å². The Morgan fingerprint density at radius 1 is 1.35 bits per heavy atom. The molecule has 0 bridgehead atoms. The van der Waals surface area contributed by atoms with Gasteiger partial charge in [-0.1, -0.05) is 6.07 Å². The number of hydrogen-bond acceptors (Lipinski definition) is 4. The Balaban J connectivity index is 1.84. The number of fused-ring (bicyclic) bond motifs is 1. The van der Waals surface area contributed by atoms with E-state index in [0.29, 0.717) is 5.75 Å². The van der Waals surface area contributed by atoms with E-state index in [1.54, 1.807) is 19.2 Å². The number of aromatic nitrogens is 1. The zero-order valence-electron chi connectivity index (χ0n) is 11.5. The Labute approximate surface area is 118 Å². The van der Waals surface area contributed by atoms with Crippen LogP contribution < -0.4 is 10.1 Å². The molecular weight excluding hydrogens is 252 g/mol. The van der Waals surface area contributed by atoms with Crippen molar-refractivity contribution in [3.8, 4) is 11.5 Å². The molecule has 104 valence electrons. The van der Waals surface area contributed by atoms with E-state index in [-0.39, 0.29) is 11.8 Å². The molecule has 4 heteroatoms. The van der Waals surface area contributed by atoms with Crippen molar-refractivity contribution >= 4 is 5.69 Å². The van der Waals surface area contributed by atoms with Gasteiger partial charge in [-0.25, -0.2) is 0 Å². The van der Waals surface area contributed by atoms with Crippen molar-refractivity contribution < 1.29 is 9.84 Å². The van der Waals surface area contributed by atoms with Gasteiger partial charge in [0, 0.05) is 18.0 Å². The van der Waals surface area contributed by atoms with Crippen LogP contribution in [0.25, 0.3) is 0 Å². The number of anilines is 1. The van der Waals surface area contributed by atoms with E-state index < -0.39 is 0 Å². The summed E-state index contributed by atoms with van der Waals surface area (Å²) >= 11 is 0. The van der Waals surface area contributed by atoms with E-state index in [1.807, 2.05) is 18.3 Å². The zero-order valence-corrected chi connectivity index (χ0v) is 11.5. The summed E-state index contributed by atoms with van der Waals surface area (Å²) < 4.78 is 5.06. The Morgan fingerprint density at radius 2 is 2.25 bits per heavy atom. The number of aryl methyl sites for hydroxylation is 1. The third kappa shape index (κ3) is 2.41. The number of ether oxygens (including phenoxy) is 1. The average Bonchev–Trinajstić information content (AvgIpc) is 2.48. The largest absolute Gasteiger partial charge is 0.504 e. The van der Waals surface area contributed by atoms with Gasteiger partial charge in [0.2, 0.25) is 0 Å². The van der Waals surface area contributed by atoms with Gasteiger partial charge in [-0.15, -0.1) is 0 Å². The van der Waals surface area contributed by atoms with Gasteiger partial charge in [0.25, 0.3) is 0 Å². The molecule has 0 radical (unpaired) electrons. The average molecular weight is 270 g/mol. The number of nitrogens with one attached hydrogen (secondary N) is 1. The van der Waals surface area contributed by atoms with Gasteiger partial charge in [-0.05, 0) is 43.0 Å². The van der Waals surface area contributed by atoms with Gasteiger partial charge in [-0.2, -0.15) is 0 Å². The van der Waals surface area contributed by atoms with Crippen molar-refractivity contribution in [2.24, 2.45) is 0 Å². The van der Waals surface area contributed by atoms with E-state index >= 15 is 0 Å². The number of methoxy groups -OCH3 is 1. The van der Waals surface area contributed by atoms with Crippen LogP contribution in [0.1, 0.15) is 30.1 Å². The Kier molecular flexibility index (Phi) is 3.46. The number of nitrogens with zero attached hydrogens (tertiary/aromatic N) is 1. The minimum absolute atomic E-state index is 0.148. The normalized spacial score (nSPS) is 17.4. The van der Waals surface area contributed by atoms with E-state index in [9.17, 15) is 5.11 Å². The molecule has 1 atom stereocenters. The van der Waals surface area contributed by atoms with Crippen LogP contribution in [-0.4, -0.2) is 17.2 Å². The van der Waals surface area contributed by atoms with Crippen LogP contribution in [0.15, 0.2) is 36.5 Å². The third-order valence-electron chi connectivity index (χ3n) is 3.71. The summed E-state index contributed by atoms with van der Waals surface area (Å²) in [5.41, 5.74) is 3.31. The lowest BCUT2D eigenvalue weighted by Gasteiger charge is -2.26. The minimum Gasteiger partial charge on any atom is -0.504 e. The topological polar surface area (TPSA) is 54.4 Å². The minimum atomic E-state index is 0.148. The van der Waals surface area contributed by atoms with E-state index in [1.165, 1.54) is 5.56 Å². The van der Waals surface area contributed by atoms with Crippen LogP contribution in [0.4, 0.5) is 5.69 Å². The zero-order chi connectivity index (χ0) is 13.9. The van der Waals surface area contributed by atoms with Gasteiger partial charge < -0.3 is 15.2 Å². The molecule has 2 aromatic rings. The molecule has 0 aliphatic heterocycles. The van der Waals surface area contributed by atoms with Crippen LogP contribution >= 0.6 is 0 Å². The summed E-state index contributed by atoms with van der Waals surface area (Å²) in [4.78, 5) is 4.50. The Morgan fingerprint density at radius 3 is 3.05 bits per heavy atom. The lowest BCUT2D eigenvalue weighted by atomic mass is 9.92. The van der Waals surface area contributed by atoms with Crippen LogP contribution in [-0.2, 0) is 6.42 Å². The molecule has 0 saturated heterocycles. The second-order valence-electron chi connectivity index (χ2n) is 5.02. The second-order valence-corrected chi connectivity index (χ2v) is 5.02. The molecule has 1 aromatic heterocycles. The smallest absolute Gasteiger partial charge is 0.160 e. The van der Waals surface area contributed by atoms with Crippen molar-refractivity contribution in [2.75, 3.05) is 12.4 Å². The predicted molar refractivity (Wildman–Crippen MR) is 78.2 cm³/mol. The van der Waals surface area contributed by atoms with Gasteiger partial charge in [0.15, 0.2) is 11.5 Å². The molecule has 3 rings (SSSR count). The SMILES string of the molecule is COc1ccc(NC2CCCc3cccnc32)cc1O.